The molecule has 0 fully saturated rings. The molecule has 0 spiro atoms. The Hall–Kier alpha value is -2.62. The van der Waals surface area contributed by atoms with Gasteiger partial charge in [-0.2, -0.15) is 4.98 Å². The monoisotopic (exact) mass is 251 g/mol. The average Bonchev–Trinajstić information content (AvgIpc) is 2.38. The summed E-state index contributed by atoms with van der Waals surface area (Å²) in [6.07, 6.45) is 0. The molecule has 0 unspecified atom stereocenters. The topological polar surface area (TPSA) is 61.0 Å². The van der Waals surface area contributed by atoms with E-state index in [4.69, 9.17) is 10.5 Å². The summed E-state index contributed by atoms with van der Waals surface area (Å²) in [5.41, 5.74) is 7.38. The van der Waals surface area contributed by atoms with E-state index in [2.05, 4.69) is 9.97 Å². The van der Waals surface area contributed by atoms with Gasteiger partial charge in [0, 0.05) is 11.5 Å². The van der Waals surface area contributed by atoms with Gasteiger partial charge in [-0.3, -0.25) is 0 Å². The summed E-state index contributed by atoms with van der Waals surface area (Å²) < 4.78 is 5.72. The molecule has 0 saturated carbocycles. The first-order valence-electron chi connectivity index (χ1n) is 5.98. The lowest BCUT2D eigenvalue weighted by Gasteiger charge is -2.06. The summed E-state index contributed by atoms with van der Waals surface area (Å²) in [5.74, 6) is 1.72. The predicted molar refractivity (Wildman–Crippen MR) is 75.2 cm³/mol. The van der Waals surface area contributed by atoms with Crippen LogP contribution in [-0.2, 0) is 0 Å². The minimum absolute atomic E-state index is 0.452. The van der Waals surface area contributed by atoms with E-state index in [9.17, 15) is 0 Å². The van der Waals surface area contributed by atoms with Crippen molar-refractivity contribution < 1.29 is 4.74 Å². The van der Waals surface area contributed by atoms with Gasteiger partial charge in [0.1, 0.15) is 11.6 Å². The van der Waals surface area contributed by atoms with E-state index in [1.165, 1.54) is 0 Å². The van der Waals surface area contributed by atoms with Crippen LogP contribution >= 0.6 is 0 Å². The number of nitrogens with two attached hydrogens (primary N) is 1. The molecule has 1 aromatic carbocycles. The zero-order chi connectivity index (χ0) is 13.2. The highest BCUT2D eigenvalue weighted by atomic mass is 16.5. The van der Waals surface area contributed by atoms with Crippen LogP contribution in [-0.4, -0.2) is 9.97 Å². The number of anilines is 1. The Bertz CT molecular complexity index is 740. The molecule has 0 aliphatic carbocycles. The fourth-order valence-electron chi connectivity index (χ4n) is 1.85. The number of hydrogen-bond acceptors (Lipinski definition) is 4. The highest BCUT2D eigenvalue weighted by Gasteiger charge is 2.02. The van der Waals surface area contributed by atoms with Gasteiger partial charge in [0.25, 0.3) is 0 Å². The molecule has 0 saturated heterocycles. The summed E-state index contributed by atoms with van der Waals surface area (Å²) in [6.45, 7) is 2.02. The molecule has 4 nitrogen and oxygen atoms in total. The Kier molecular flexibility index (Phi) is 2.76. The van der Waals surface area contributed by atoms with E-state index in [1.807, 2.05) is 49.4 Å². The number of rotatable bonds is 2. The molecule has 0 radical (unpaired) electrons. The first-order chi connectivity index (χ1) is 9.20. The molecule has 3 aromatic rings. The van der Waals surface area contributed by atoms with E-state index in [-0.39, 0.29) is 0 Å². The highest BCUT2D eigenvalue weighted by Crippen LogP contribution is 2.22. The van der Waals surface area contributed by atoms with Crippen LogP contribution in [0.4, 0.5) is 5.82 Å². The predicted octanol–water partition coefficient (Wildman–Crippen LogP) is 3.31. The van der Waals surface area contributed by atoms with E-state index in [0.29, 0.717) is 17.3 Å². The molecule has 0 amide bonds. The number of hydrogen-bond donors (Lipinski definition) is 1. The van der Waals surface area contributed by atoms with Gasteiger partial charge >= 0.3 is 0 Å². The number of fused-ring (bicyclic) bond motifs is 1. The second kappa shape index (κ2) is 4.57. The summed E-state index contributed by atoms with van der Waals surface area (Å²) in [7, 11) is 0. The molecule has 3 rings (SSSR count). The highest BCUT2D eigenvalue weighted by molar-refractivity contribution is 5.76. The SMILES string of the molecule is Cc1cccc(Oc2ccc3ccc(N)nc3n2)c1. The molecule has 94 valence electrons. The van der Waals surface area contributed by atoms with Gasteiger partial charge in [-0.15, -0.1) is 0 Å². The van der Waals surface area contributed by atoms with Crippen LogP contribution in [0.2, 0.25) is 0 Å². The van der Waals surface area contributed by atoms with Crippen LogP contribution in [0.3, 0.4) is 0 Å². The molecule has 19 heavy (non-hydrogen) atoms. The third-order valence-electron chi connectivity index (χ3n) is 2.76. The van der Waals surface area contributed by atoms with Crippen molar-refractivity contribution in [1.82, 2.24) is 9.97 Å². The Morgan fingerprint density at radius 3 is 2.68 bits per heavy atom. The molecule has 0 aliphatic heterocycles. The van der Waals surface area contributed by atoms with E-state index >= 15 is 0 Å². The Morgan fingerprint density at radius 2 is 1.84 bits per heavy atom. The third-order valence-corrected chi connectivity index (χ3v) is 2.76. The lowest BCUT2D eigenvalue weighted by atomic mass is 10.2. The van der Waals surface area contributed by atoms with Crippen LogP contribution < -0.4 is 10.5 Å². The average molecular weight is 251 g/mol. The van der Waals surface area contributed by atoms with Crippen LogP contribution in [0.1, 0.15) is 5.56 Å². The summed E-state index contributed by atoms with van der Waals surface area (Å²) in [5, 5.41) is 0.936. The molecule has 0 aliphatic rings. The molecule has 0 bridgehead atoms. The molecule has 2 N–H and O–H groups in total. The van der Waals surface area contributed by atoms with Crippen molar-refractivity contribution in [2.75, 3.05) is 5.73 Å². The Morgan fingerprint density at radius 1 is 1.00 bits per heavy atom. The number of ether oxygens (including phenoxy) is 1. The standard InChI is InChI=1S/C15H13N3O/c1-10-3-2-4-12(9-10)19-14-8-6-11-5-7-13(16)17-15(11)18-14/h2-9H,1H3,(H2,16,17,18). The van der Waals surface area contributed by atoms with Gasteiger partial charge < -0.3 is 10.5 Å². The number of aromatic nitrogens is 2. The minimum atomic E-state index is 0.452. The molecule has 2 aromatic heterocycles. The van der Waals surface area contributed by atoms with E-state index in [0.717, 1.165) is 16.7 Å². The quantitative estimate of drug-likeness (QED) is 0.759. The molecular formula is C15H13N3O. The largest absolute Gasteiger partial charge is 0.439 e. The fourth-order valence-corrected chi connectivity index (χ4v) is 1.85. The van der Waals surface area contributed by atoms with Crippen LogP contribution in [0.25, 0.3) is 11.0 Å². The Balaban J connectivity index is 1.97. The van der Waals surface area contributed by atoms with Gasteiger partial charge in [0.15, 0.2) is 5.65 Å². The lowest BCUT2D eigenvalue weighted by molar-refractivity contribution is 0.464. The second-order valence-corrected chi connectivity index (χ2v) is 4.35. The summed E-state index contributed by atoms with van der Waals surface area (Å²) >= 11 is 0. The lowest BCUT2D eigenvalue weighted by Crippen LogP contribution is -1.94. The Labute approximate surface area is 110 Å². The maximum atomic E-state index is 5.72. The molecule has 4 heteroatoms. The molecular weight excluding hydrogens is 238 g/mol. The van der Waals surface area contributed by atoms with Crippen molar-refractivity contribution >= 4 is 16.9 Å². The maximum absolute atomic E-state index is 5.72. The summed E-state index contributed by atoms with van der Waals surface area (Å²) in [6, 6.07) is 15.2. The van der Waals surface area contributed by atoms with Crippen molar-refractivity contribution in [3.05, 3.63) is 54.1 Å². The first-order valence-corrected chi connectivity index (χ1v) is 5.98. The second-order valence-electron chi connectivity index (χ2n) is 4.35. The van der Waals surface area contributed by atoms with E-state index in [1.54, 1.807) is 6.07 Å². The van der Waals surface area contributed by atoms with Crippen molar-refractivity contribution in [1.29, 1.82) is 0 Å². The fraction of sp³-hybridized carbons (Fsp3) is 0.0667. The minimum Gasteiger partial charge on any atom is -0.439 e. The van der Waals surface area contributed by atoms with Crippen LogP contribution in [0.5, 0.6) is 11.6 Å². The van der Waals surface area contributed by atoms with Crippen LogP contribution in [0.15, 0.2) is 48.5 Å². The van der Waals surface area contributed by atoms with Gasteiger partial charge in [-0.25, -0.2) is 4.98 Å². The van der Waals surface area contributed by atoms with Crippen molar-refractivity contribution in [2.24, 2.45) is 0 Å². The third kappa shape index (κ3) is 2.47. The summed E-state index contributed by atoms with van der Waals surface area (Å²) in [4.78, 5) is 8.53. The first kappa shape index (κ1) is 11.5. The van der Waals surface area contributed by atoms with Gasteiger partial charge in [0.2, 0.25) is 5.88 Å². The van der Waals surface area contributed by atoms with Crippen molar-refractivity contribution in [3.63, 3.8) is 0 Å². The van der Waals surface area contributed by atoms with Gasteiger partial charge in [-0.05, 0) is 42.8 Å². The maximum Gasteiger partial charge on any atom is 0.221 e. The zero-order valence-corrected chi connectivity index (χ0v) is 10.5. The van der Waals surface area contributed by atoms with Crippen molar-refractivity contribution in [2.45, 2.75) is 6.92 Å². The van der Waals surface area contributed by atoms with Gasteiger partial charge in [-0.1, -0.05) is 12.1 Å². The molecule has 2 heterocycles. The number of nitrogens with zero attached hydrogens (tertiary/aromatic N) is 2. The normalized spacial score (nSPS) is 10.6. The van der Waals surface area contributed by atoms with E-state index < -0.39 is 0 Å². The van der Waals surface area contributed by atoms with Crippen LogP contribution in [0, 0.1) is 6.92 Å². The number of nitrogen functional groups attached to an aromatic ring is 1. The van der Waals surface area contributed by atoms with Crippen molar-refractivity contribution in [3.8, 4) is 11.6 Å². The molecule has 0 atom stereocenters. The van der Waals surface area contributed by atoms with Gasteiger partial charge in [0.05, 0.1) is 0 Å². The number of benzene rings is 1. The number of pyridine rings is 2. The zero-order valence-electron chi connectivity index (χ0n) is 10.5. The number of aryl methyl sites for hydroxylation is 1. The smallest absolute Gasteiger partial charge is 0.221 e.